The zero-order chi connectivity index (χ0) is 22.7. The van der Waals surface area contributed by atoms with Crippen molar-refractivity contribution in [3.8, 4) is 0 Å². The number of hydrogen-bond acceptors (Lipinski definition) is 4. The summed E-state index contributed by atoms with van der Waals surface area (Å²) in [6, 6.07) is 8.70. The van der Waals surface area contributed by atoms with Crippen LogP contribution in [0.15, 0.2) is 36.4 Å². The average Bonchev–Trinajstić information content (AvgIpc) is 2.71. The number of hydrogen-bond donors (Lipinski definition) is 3. The Bertz CT molecular complexity index is 1030. The standard InChI is InChI=1S/C22H24Cl2N4O3/c1-12(2)9-19-21(30)27-17-10-13(20(29)26-8-7-25)3-6-18(17)28(19)22(31)15-5-4-14(23)11-16(15)24/h3-6,10-12,19H,7-9,25H2,1-2H3,(H,26,29)(H,27,30). The van der Waals surface area contributed by atoms with Gasteiger partial charge in [-0.05, 0) is 48.7 Å². The monoisotopic (exact) mass is 462 g/mol. The molecule has 7 nitrogen and oxygen atoms in total. The van der Waals surface area contributed by atoms with E-state index in [0.29, 0.717) is 41.5 Å². The Morgan fingerprint density at radius 3 is 2.58 bits per heavy atom. The van der Waals surface area contributed by atoms with Crippen LogP contribution in [0.5, 0.6) is 0 Å². The fraction of sp³-hybridized carbons (Fsp3) is 0.318. The average molecular weight is 463 g/mol. The van der Waals surface area contributed by atoms with E-state index in [1.807, 2.05) is 13.8 Å². The number of halogens is 2. The van der Waals surface area contributed by atoms with Gasteiger partial charge in [-0.1, -0.05) is 37.0 Å². The molecular formula is C22H24Cl2N4O3. The molecule has 1 aliphatic rings. The van der Waals surface area contributed by atoms with Crippen molar-refractivity contribution in [3.05, 3.63) is 57.6 Å². The third kappa shape index (κ3) is 5.01. The van der Waals surface area contributed by atoms with Crippen LogP contribution in [0.25, 0.3) is 0 Å². The largest absolute Gasteiger partial charge is 0.351 e. The van der Waals surface area contributed by atoms with Crippen molar-refractivity contribution in [2.45, 2.75) is 26.3 Å². The predicted molar refractivity (Wildman–Crippen MR) is 123 cm³/mol. The predicted octanol–water partition coefficient (Wildman–Crippen LogP) is 3.70. The molecule has 0 aliphatic carbocycles. The summed E-state index contributed by atoms with van der Waals surface area (Å²) in [5.74, 6) is -0.886. The maximum atomic E-state index is 13.5. The highest BCUT2D eigenvalue weighted by Crippen LogP contribution is 2.37. The van der Waals surface area contributed by atoms with Crippen LogP contribution >= 0.6 is 23.2 Å². The van der Waals surface area contributed by atoms with Crippen molar-refractivity contribution in [3.63, 3.8) is 0 Å². The number of rotatable bonds is 6. The van der Waals surface area contributed by atoms with Crippen LogP contribution in [0.4, 0.5) is 11.4 Å². The van der Waals surface area contributed by atoms with Gasteiger partial charge < -0.3 is 16.4 Å². The van der Waals surface area contributed by atoms with Crippen molar-refractivity contribution >= 4 is 52.3 Å². The number of nitrogens with two attached hydrogens (primary N) is 1. The van der Waals surface area contributed by atoms with Gasteiger partial charge in [0.25, 0.3) is 11.8 Å². The zero-order valence-electron chi connectivity index (χ0n) is 17.2. The number of nitrogens with zero attached hydrogens (tertiary/aromatic N) is 1. The van der Waals surface area contributed by atoms with Crippen LogP contribution in [-0.2, 0) is 4.79 Å². The molecule has 0 saturated carbocycles. The number of anilines is 2. The summed E-state index contributed by atoms with van der Waals surface area (Å²) < 4.78 is 0. The van der Waals surface area contributed by atoms with E-state index < -0.39 is 11.9 Å². The lowest BCUT2D eigenvalue weighted by Crippen LogP contribution is -2.51. The van der Waals surface area contributed by atoms with Gasteiger partial charge in [-0.2, -0.15) is 0 Å². The molecule has 3 rings (SSSR count). The number of carbonyl (C=O) groups excluding carboxylic acids is 3. The summed E-state index contributed by atoms with van der Waals surface area (Å²) in [6.45, 7) is 4.60. The molecule has 1 unspecified atom stereocenters. The van der Waals surface area contributed by atoms with Gasteiger partial charge in [-0.25, -0.2) is 0 Å². The second-order valence-corrected chi connectivity index (χ2v) is 8.55. The minimum atomic E-state index is -0.719. The van der Waals surface area contributed by atoms with Crippen molar-refractivity contribution in [1.82, 2.24) is 5.32 Å². The van der Waals surface area contributed by atoms with Crippen molar-refractivity contribution in [2.75, 3.05) is 23.3 Å². The zero-order valence-corrected chi connectivity index (χ0v) is 18.8. The molecule has 2 aromatic carbocycles. The molecule has 164 valence electrons. The van der Waals surface area contributed by atoms with Crippen molar-refractivity contribution in [2.24, 2.45) is 11.7 Å². The van der Waals surface area contributed by atoms with Crippen LogP contribution in [-0.4, -0.2) is 36.9 Å². The molecule has 0 saturated heterocycles. The molecule has 1 aliphatic heterocycles. The topological polar surface area (TPSA) is 105 Å². The third-order valence-electron chi connectivity index (χ3n) is 4.90. The van der Waals surface area contributed by atoms with E-state index in [0.717, 1.165) is 0 Å². The molecule has 2 aromatic rings. The Balaban J connectivity index is 2.06. The highest BCUT2D eigenvalue weighted by atomic mass is 35.5. The van der Waals surface area contributed by atoms with E-state index in [1.54, 1.807) is 30.3 Å². The molecule has 0 radical (unpaired) electrons. The molecule has 0 aromatic heterocycles. The van der Waals surface area contributed by atoms with Gasteiger partial charge >= 0.3 is 0 Å². The van der Waals surface area contributed by atoms with Crippen molar-refractivity contribution in [1.29, 1.82) is 0 Å². The number of carbonyl (C=O) groups is 3. The fourth-order valence-corrected chi connectivity index (χ4v) is 3.97. The molecule has 31 heavy (non-hydrogen) atoms. The molecule has 1 atom stereocenters. The first kappa shape index (κ1) is 23.1. The smallest absolute Gasteiger partial charge is 0.260 e. The molecular weight excluding hydrogens is 439 g/mol. The van der Waals surface area contributed by atoms with E-state index in [9.17, 15) is 14.4 Å². The Morgan fingerprint density at radius 1 is 1.19 bits per heavy atom. The second kappa shape index (κ2) is 9.68. The number of benzene rings is 2. The van der Waals surface area contributed by atoms with E-state index in [-0.39, 0.29) is 28.3 Å². The fourth-order valence-electron chi connectivity index (χ4n) is 3.48. The quantitative estimate of drug-likeness (QED) is 0.608. The molecule has 9 heteroatoms. The summed E-state index contributed by atoms with van der Waals surface area (Å²) in [6.07, 6.45) is 0.459. The molecule has 0 spiro atoms. The molecule has 4 N–H and O–H groups in total. The molecule has 3 amide bonds. The highest BCUT2D eigenvalue weighted by Gasteiger charge is 2.38. The molecule has 1 heterocycles. The number of amides is 3. The minimum Gasteiger partial charge on any atom is -0.351 e. The van der Waals surface area contributed by atoms with E-state index in [4.69, 9.17) is 28.9 Å². The Hall–Kier alpha value is -2.61. The SMILES string of the molecule is CC(C)CC1C(=O)Nc2cc(C(=O)NCCN)ccc2N1C(=O)c1ccc(Cl)cc1Cl. The van der Waals surface area contributed by atoms with Crippen LogP contribution in [0.2, 0.25) is 10.0 Å². The van der Waals surface area contributed by atoms with Gasteiger partial charge in [0, 0.05) is 23.7 Å². The van der Waals surface area contributed by atoms with E-state index >= 15 is 0 Å². The summed E-state index contributed by atoms with van der Waals surface area (Å²) in [7, 11) is 0. The second-order valence-electron chi connectivity index (χ2n) is 7.71. The third-order valence-corrected chi connectivity index (χ3v) is 5.44. The first-order valence-electron chi connectivity index (χ1n) is 9.94. The van der Waals surface area contributed by atoms with Gasteiger partial charge in [0.2, 0.25) is 5.91 Å². The van der Waals surface area contributed by atoms with Crippen LogP contribution in [0.3, 0.4) is 0 Å². The Kier molecular flexibility index (Phi) is 7.20. The van der Waals surface area contributed by atoms with Crippen molar-refractivity contribution < 1.29 is 14.4 Å². The first-order chi connectivity index (χ1) is 14.7. The minimum absolute atomic E-state index is 0.162. The van der Waals surface area contributed by atoms with Gasteiger partial charge in [0.1, 0.15) is 6.04 Å². The van der Waals surface area contributed by atoms with Crippen LogP contribution in [0, 0.1) is 5.92 Å². The number of nitrogens with one attached hydrogen (secondary N) is 2. The van der Waals surface area contributed by atoms with E-state index in [2.05, 4.69) is 10.6 Å². The number of fused-ring (bicyclic) bond motifs is 1. The summed E-state index contributed by atoms with van der Waals surface area (Å²) in [4.78, 5) is 40.2. The lowest BCUT2D eigenvalue weighted by Gasteiger charge is -2.37. The maximum Gasteiger partial charge on any atom is 0.260 e. The van der Waals surface area contributed by atoms with Gasteiger partial charge in [0.15, 0.2) is 0 Å². The molecule has 0 bridgehead atoms. The summed E-state index contributed by atoms with van der Waals surface area (Å²) >= 11 is 12.3. The summed E-state index contributed by atoms with van der Waals surface area (Å²) in [5.41, 5.74) is 6.90. The Labute approximate surface area is 190 Å². The normalized spacial score (nSPS) is 15.5. The van der Waals surface area contributed by atoms with Gasteiger partial charge in [0.05, 0.1) is 22.0 Å². The van der Waals surface area contributed by atoms with Crippen LogP contribution < -0.4 is 21.3 Å². The van der Waals surface area contributed by atoms with E-state index in [1.165, 1.54) is 11.0 Å². The molecule has 0 fully saturated rings. The lowest BCUT2D eigenvalue weighted by molar-refractivity contribution is -0.117. The first-order valence-corrected chi connectivity index (χ1v) is 10.7. The Morgan fingerprint density at radius 2 is 1.94 bits per heavy atom. The highest BCUT2D eigenvalue weighted by molar-refractivity contribution is 6.37. The van der Waals surface area contributed by atoms with Gasteiger partial charge in [-0.15, -0.1) is 0 Å². The van der Waals surface area contributed by atoms with Gasteiger partial charge in [-0.3, -0.25) is 19.3 Å². The van der Waals surface area contributed by atoms with Crippen LogP contribution in [0.1, 0.15) is 41.0 Å². The lowest BCUT2D eigenvalue weighted by atomic mass is 9.96. The maximum absolute atomic E-state index is 13.5. The summed E-state index contributed by atoms with van der Waals surface area (Å²) in [5, 5.41) is 6.13.